The second-order valence-corrected chi connectivity index (χ2v) is 12.0. The van der Waals surface area contributed by atoms with Gasteiger partial charge in [0.25, 0.3) is 5.91 Å². The van der Waals surface area contributed by atoms with E-state index in [0.29, 0.717) is 30.6 Å². The van der Waals surface area contributed by atoms with Crippen molar-refractivity contribution >= 4 is 17.5 Å². The Morgan fingerprint density at radius 3 is 2.41 bits per heavy atom. The highest BCUT2D eigenvalue weighted by Crippen LogP contribution is 2.31. The molecule has 224 valence electrons. The van der Waals surface area contributed by atoms with Crippen LogP contribution in [-0.2, 0) is 22.6 Å². The number of carbonyl (C=O) groups is 2. The van der Waals surface area contributed by atoms with E-state index in [9.17, 15) is 9.59 Å². The summed E-state index contributed by atoms with van der Waals surface area (Å²) in [5.41, 5.74) is 5.92. The molecule has 2 amide bonds. The molecule has 1 N–H and O–H groups in total. The second kappa shape index (κ2) is 14.8. The highest BCUT2D eigenvalue weighted by Gasteiger charge is 2.25. The van der Waals surface area contributed by atoms with Gasteiger partial charge in [0, 0.05) is 57.1 Å². The van der Waals surface area contributed by atoms with Crippen LogP contribution in [0.5, 0.6) is 5.75 Å². The first kappa shape index (κ1) is 31.0. The molecule has 7 heteroatoms. The molecule has 2 aliphatic rings. The number of hydrogen-bond donors (Lipinski definition) is 1. The SMILES string of the molecule is COc1cc(C)c(CNC(=O)c2ccc3c(c2)CN(C2CCOCC2)CCCCCCCN3C(C)=O)cc1C(C)C. The molecule has 2 heterocycles. The summed E-state index contributed by atoms with van der Waals surface area (Å²) < 4.78 is 11.3. The lowest BCUT2D eigenvalue weighted by atomic mass is 9.96. The molecular formula is C34H49N3O4. The summed E-state index contributed by atoms with van der Waals surface area (Å²) in [6.07, 6.45) is 7.73. The summed E-state index contributed by atoms with van der Waals surface area (Å²) in [6, 6.07) is 10.5. The molecule has 2 aromatic rings. The highest BCUT2D eigenvalue weighted by atomic mass is 16.5. The molecule has 0 bridgehead atoms. The lowest BCUT2D eigenvalue weighted by molar-refractivity contribution is -0.116. The predicted molar refractivity (Wildman–Crippen MR) is 165 cm³/mol. The Labute approximate surface area is 246 Å². The number of benzene rings is 2. The first-order valence-electron chi connectivity index (χ1n) is 15.5. The number of nitrogens with zero attached hydrogens (tertiary/aromatic N) is 2. The fourth-order valence-electron chi connectivity index (χ4n) is 6.18. The molecule has 2 aromatic carbocycles. The van der Waals surface area contributed by atoms with Crippen LogP contribution >= 0.6 is 0 Å². The number of rotatable bonds is 6. The molecule has 1 saturated heterocycles. The molecule has 0 saturated carbocycles. The molecule has 0 aromatic heterocycles. The third-order valence-electron chi connectivity index (χ3n) is 8.67. The van der Waals surface area contributed by atoms with Crippen molar-refractivity contribution in [3.05, 3.63) is 58.1 Å². The zero-order chi connectivity index (χ0) is 29.4. The van der Waals surface area contributed by atoms with Crippen LogP contribution in [0, 0.1) is 6.92 Å². The minimum atomic E-state index is -0.104. The number of carbonyl (C=O) groups excluding carboxylic acids is 2. The lowest BCUT2D eigenvalue weighted by Crippen LogP contribution is -2.40. The number of anilines is 1. The number of ether oxygens (including phenoxy) is 2. The van der Waals surface area contributed by atoms with Gasteiger partial charge < -0.3 is 19.7 Å². The molecule has 0 spiro atoms. The van der Waals surface area contributed by atoms with Gasteiger partial charge in [-0.1, -0.05) is 33.1 Å². The fourth-order valence-corrected chi connectivity index (χ4v) is 6.18. The van der Waals surface area contributed by atoms with Gasteiger partial charge in [0.05, 0.1) is 7.11 Å². The number of amides is 2. The topological polar surface area (TPSA) is 71.1 Å². The van der Waals surface area contributed by atoms with Gasteiger partial charge in [-0.3, -0.25) is 14.5 Å². The molecule has 4 rings (SSSR count). The summed E-state index contributed by atoms with van der Waals surface area (Å²) in [7, 11) is 1.70. The molecule has 0 radical (unpaired) electrons. The number of methoxy groups -OCH3 is 1. The van der Waals surface area contributed by atoms with Gasteiger partial charge in [0.15, 0.2) is 0 Å². The lowest BCUT2D eigenvalue weighted by Gasteiger charge is -2.36. The van der Waals surface area contributed by atoms with Crippen LogP contribution in [0.1, 0.15) is 104 Å². The van der Waals surface area contributed by atoms with Crippen LogP contribution in [0.4, 0.5) is 5.69 Å². The zero-order valence-corrected chi connectivity index (χ0v) is 25.8. The van der Waals surface area contributed by atoms with Crippen molar-refractivity contribution < 1.29 is 19.1 Å². The van der Waals surface area contributed by atoms with Crippen LogP contribution < -0.4 is 15.0 Å². The standard InChI is InChI=1S/C34H49N3O4/c1-24(2)31-21-28(25(3)19-33(31)40-5)22-35-34(39)27-11-12-32-29(20-27)23-36(30-13-17-41-18-14-30)15-9-7-6-8-10-16-37(32)26(4)38/h11-12,19-21,24,30H,6-10,13-18,22-23H2,1-5H3,(H,35,39). The van der Waals surface area contributed by atoms with Gasteiger partial charge in [-0.15, -0.1) is 0 Å². The monoisotopic (exact) mass is 563 g/mol. The van der Waals surface area contributed by atoms with Crippen LogP contribution in [0.3, 0.4) is 0 Å². The maximum Gasteiger partial charge on any atom is 0.251 e. The van der Waals surface area contributed by atoms with E-state index in [1.807, 2.05) is 23.1 Å². The van der Waals surface area contributed by atoms with Gasteiger partial charge >= 0.3 is 0 Å². The smallest absolute Gasteiger partial charge is 0.251 e. The molecule has 0 aliphatic carbocycles. The minimum absolute atomic E-state index is 0.0501. The van der Waals surface area contributed by atoms with E-state index in [2.05, 4.69) is 43.1 Å². The van der Waals surface area contributed by atoms with Crippen molar-refractivity contribution in [2.24, 2.45) is 0 Å². The normalized spacial score (nSPS) is 17.9. The van der Waals surface area contributed by atoms with Crippen molar-refractivity contribution in [1.29, 1.82) is 0 Å². The number of hydrogen-bond acceptors (Lipinski definition) is 5. The van der Waals surface area contributed by atoms with Crippen molar-refractivity contribution in [3.8, 4) is 5.75 Å². The summed E-state index contributed by atoms with van der Waals surface area (Å²) >= 11 is 0. The Kier molecular flexibility index (Phi) is 11.2. The van der Waals surface area contributed by atoms with Crippen molar-refractivity contribution in [3.63, 3.8) is 0 Å². The van der Waals surface area contributed by atoms with E-state index in [-0.39, 0.29) is 11.8 Å². The molecular weight excluding hydrogens is 514 g/mol. The predicted octanol–water partition coefficient (Wildman–Crippen LogP) is 6.36. The van der Waals surface area contributed by atoms with E-state index in [1.54, 1.807) is 14.0 Å². The quantitative estimate of drug-likeness (QED) is 0.443. The van der Waals surface area contributed by atoms with E-state index in [1.165, 1.54) is 19.3 Å². The van der Waals surface area contributed by atoms with Crippen LogP contribution in [0.15, 0.2) is 30.3 Å². The molecule has 2 aliphatic heterocycles. The van der Waals surface area contributed by atoms with Crippen molar-refractivity contribution in [2.45, 2.75) is 97.7 Å². The van der Waals surface area contributed by atoms with Gasteiger partial charge in [0.1, 0.15) is 5.75 Å². The average molecular weight is 564 g/mol. The number of fused-ring (bicyclic) bond motifs is 1. The third kappa shape index (κ3) is 8.10. The Hall–Kier alpha value is -2.90. The molecule has 0 atom stereocenters. The maximum atomic E-state index is 13.5. The highest BCUT2D eigenvalue weighted by molar-refractivity contribution is 5.97. The van der Waals surface area contributed by atoms with E-state index >= 15 is 0 Å². The molecule has 7 nitrogen and oxygen atoms in total. The van der Waals surface area contributed by atoms with E-state index < -0.39 is 0 Å². The van der Waals surface area contributed by atoms with Gasteiger partial charge in [-0.25, -0.2) is 0 Å². The molecule has 0 unspecified atom stereocenters. The molecule has 41 heavy (non-hydrogen) atoms. The Bertz CT molecular complexity index is 1190. The Morgan fingerprint density at radius 1 is 1.02 bits per heavy atom. The maximum absolute atomic E-state index is 13.5. The summed E-state index contributed by atoms with van der Waals surface area (Å²) in [5.74, 6) is 1.15. The van der Waals surface area contributed by atoms with Crippen LogP contribution in [0.2, 0.25) is 0 Å². The number of nitrogens with one attached hydrogen (secondary N) is 1. The first-order chi connectivity index (χ1) is 19.8. The fraction of sp³-hybridized carbons (Fsp3) is 0.588. The Balaban J connectivity index is 1.61. The van der Waals surface area contributed by atoms with E-state index in [0.717, 1.165) is 85.7 Å². The average Bonchev–Trinajstić information content (AvgIpc) is 2.96. The van der Waals surface area contributed by atoms with Gasteiger partial charge in [-0.2, -0.15) is 0 Å². The number of aryl methyl sites for hydroxylation is 1. The zero-order valence-electron chi connectivity index (χ0n) is 25.8. The molecule has 1 fully saturated rings. The summed E-state index contributed by atoms with van der Waals surface area (Å²) in [4.78, 5) is 30.8. The second-order valence-electron chi connectivity index (χ2n) is 12.0. The first-order valence-corrected chi connectivity index (χ1v) is 15.5. The van der Waals surface area contributed by atoms with Crippen LogP contribution in [0.25, 0.3) is 0 Å². The third-order valence-corrected chi connectivity index (χ3v) is 8.67. The largest absolute Gasteiger partial charge is 0.496 e. The van der Waals surface area contributed by atoms with Crippen molar-refractivity contribution in [2.75, 3.05) is 38.3 Å². The minimum Gasteiger partial charge on any atom is -0.496 e. The Morgan fingerprint density at radius 2 is 1.73 bits per heavy atom. The summed E-state index contributed by atoms with van der Waals surface area (Å²) in [5, 5.41) is 3.15. The van der Waals surface area contributed by atoms with Crippen LogP contribution in [-0.4, -0.2) is 56.2 Å². The van der Waals surface area contributed by atoms with E-state index in [4.69, 9.17) is 9.47 Å². The van der Waals surface area contributed by atoms with Crippen molar-refractivity contribution in [1.82, 2.24) is 10.2 Å². The van der Waals surface area contributed by atoms with Gasteiger partial charge in [0.2, 0.25) is 5.91 Å². The summed E-state index contributed by atoms with van der Waals surface area (Å²) in [6.45, 7) is 12.5. The van der Waals surface area contributed by atoms with Gasteiger partial charge in [-0.05, 0) is 97.7 Å².